The molecule has 0 spiro atoms. The molecule has 2 nitrogen and oxygen atoms in total. The van der Waals surface area contributed by atoms with Crippen LogP contribution in [0.2, 0.25) is 0 Å². The first kappa shape index (κ1) is 16.7. The summed E-state index contributed by atoms with van der Waals surface area (Å²) >= 11 is 0. The maximum absolute atomic E-state index is 13.6. The quantitative estimate of drug-likeness (QED) is 0.844. The second kappa shape index (κ2) is 6.21. The van der Waals surface area contributed by atoms with Crippen LogP contribution in [0.3, 0.4) is 0 Å². The van der Waals surface area contributed by atoms with E-state index in [1.165, 1.54) is 12.1 Å². The van der Waals surface area contributed by atoms with Gasteiger partial charge in [0.15, 0.2) is 9.84 Å². The molecule has 0 saturated heterocycles. The first-order valence-corrected chi connectivity index (χ1v) is 9.03. The fourth-order valence-electron chi connectivity index (χ4n) is 2.26. The third-order valence-electron chi connectivity index (χ3n) is 3.54. The Balaban J connectivity index is 2.14. The molecule has 0 aliphatic carbocycles. The Bertz CT molecular complexity index is 741. The molecule has 0 aromatic heterocycles. The first-order valence-electron chi connectivity index (χ1n) is 7.21. The van der Waals surface area contributed by atoms with Crippen molar-refractivity contribution >= 4 is 9.84 Å². The minimum Gasteiger partial charge on any atom is -0.228 e. The highest BCUT2D eigenvalue weighted by Crippen LogP contribution is 2.23. The summed E-state index contributed by atoms with van der Waals surface area (Å²) in [5.74, 6) is -0.832. The Morgan fingerprint density at radius 3 is 2.05 bits per heavy atom. The van der Waals surface area contributed by atoms with Gasteiger partial charge in [0, 0.05) is 5.56 Å². The number of halogens is 1. The van der Waals surface area contributed by atoms with Crippen LogP contribution < -0.4 is 0 Å². The lowest BCUT2D eigenvalue weighted by Gasteiger charge is -2.19. The van der Waals surface area contributed by atoms with Crippen molar-refractivity contribution in [3.63, 3.8) is 0 Å². The molecule has 0 radical (unpaired) electrons. The summed E-state index contributed by atoms with van der Waals surface area (Å²) in [4.78, 5) is 0. The normalized spacial score (nSPS) is 12.4. The fourth-order valence-corrected chi connectivity index (χ4v) is 3.77. The van der Waals surface area contributed by atoms with Gasteiger partial charge in [-0.15, -0.1) is 0 Å². The van der Waals surface area contributed by atoms with Gasteiger partial charge in [0.25, 0.3) is 0 Å². The van der Waals surface area contributed by atoms with E-state index in [0.717, 1.165) is 11.1 Å². The number of benzene rings is 2. The van der Waals surface area contributed by atoms with Crippen molar-refractivity contribution in [2.45, 2.75) is 37.7 Å². The van der Waals surface area contributed by atoms with E-state index in [4.69, 9.17) is 0 Å². The lowest BCUT2D eigenvalue weighted by molar-refractivity contribution is 0.586. The van der Waals surface area contributed by atoms with Gasteiger partial charge in [-0.25, -0.2) is 12.8 Å². The Labute approximate surface area is 131 Å². The molecular weight excluding hydrogens is 299 g/mol. The van der Waals surface area contributed by atoms with Crippen LogP contribution in [0.1, 0.15) is 37.5 Å². The van der Waals surface area contributed by atoms with Crippen molar-refractivity contribution < 1.29 is 12.8 Å². The molecule has 0 aliphatic heterocycles. The standard InChI is InChI=1S/C18H21FO2S/c1-18(2,3)16-10-8-14(9-11-16)12-22(20,21)13-15-6-4-5-7-17(15)19/h4-11H,12-13H2,1-3H3. The van der Waals surface area contributed by atoms with Crippen LogP contribution in [0.5, 0.6) is 0 Å². The number of rotatable bonds is 4. The van der Waals surface area contributed by atoms with Gasteiger partial charge in [0.05, 0.1) is 11.5 Å². The van der Waals surface area contributed by atoms with E-state index >= 15 is 0 Å². The minimum absolute atomic E-state index is 0.0323. The van der Waals surface area contributed by atoms with E-state index in [0.29, 0.717) is 0 Å². The number of sulfone groups is 1. The molecule has 0 bridgehead atoms. The average molecular weight is 320 g/mol. The maximum Gasteiger partial charge on any atom is 0.158 e. The molecule has 2 aromatic carbocycles. The zero-order chi connectivity index (χ0) is 16.4. The second-order valence-corrected chi connectivity index (χ2v) is 8.64. The molecule has 118 valence electrons. The molecule has 22 heavy (non-hydrogen) atoms. The van der Waals surface area contributed by atoms with Gasteiger partial charge in [-0.3, -0.25) is 0 Å². The van der Waals surface area contributed by atoms with Crippen molar-refractivity contribution in [1.29, 1.82) is 0 Å². The highest BCUT2D eigenvalue weighted by atomic mass is 32.2. The zero-order valence-electron chi connectivity index (χ0n) is 13.1. The van der Waals surface area contributed by atoms with Gasteiger partial charge >= 0.3 is 0 Å². The minimum atomic E-state index is -3.40. The molecule has 0 saturated carbocycles. The van der Waals surface area contributed by atoms with Crippen molar-refractivity contribution in [3.05, 3.63) is 71.0 Å². The third kappa shape index (κ3) is 4.41. The van der Waals surface area contributed by atoms with Crippen molar-refractivity contribution in [2.24, 2.45) is 0 Å². The number of hydrogen-bond acceptors (Lipinski definition) is 2. The second-order valence-electron chi connectivity index (χ2n) is 6.57. The summed E-state index contributed by atoms with van der Waals surface area (Å²) in [5, 5.41) is 0. The Morgan fingerprint density at radius 1 is 0.909 bits per heavy atom. The molecule has 0 unspecified atom stereocenters. The van der Waals surface area contributed by atoms with Crippen molar-refractivity contribution in [3.8, 4) is 0 Å². The predicted molar refractivity (Wildman–Crippen MR) is 87.9 cm³/mol. The molecule has 0 heterocycles. The highest BCUT2D eigenvalue weighted by Gasteiger charge is 2.17. The van der Waals surface area contributed by atoms with E-state index in [1.807, 2.05) is 24.3 Å². The van der Waals surface area contributed by atoms with E-state index in [-0.39, 0.29) is 22.5 Å². The molecule has 0 atom stereocenters. The summed E-state index contributed by atoms with van der Waals surface area (Å²) in [6.07, 6.45) is 0. The average Bonchev–Trinajstić information content (AvgIpc) is 2.40. The summed E-state index contributed by atoms with van der Waals surface area (Å²) in [6.45, 7) is 6.32. The Kier molecular flexibility index (Phi) is 4.71. The highest BCUT2D eigenvalue weighted by molar-refractivity contribution is 7.89. The van der Waals surface area contributed by atoms with Crippen LogP contribution >= 0.6 is 0 Å². The molecule has 0 N–H and O–H groups in total. The monoisotopic (exact) mass is 320 g/mol. The number of hydrogen-bond donors (Lipinski definition) is 0. The van der Waals surface area contributed by atoms with Crippen molar-refractivity contribution in [1.82, 2.24) is 0 Å². The topological polar surface area (TPSA) is 34.1 Å². The molecule has 4 heteroatoms. The van der Waals surface area contributed by atoms with Crippen LogP contribution in [0.4, 0.5) is 4.39 Å². The summed E-state index contributed by atoms with van der Waals surface area (Å²) < 4.78 is 38.1. The van der Waals surface area contributed by atoms with Crippen LogP contribution in [0, 0.1) is 5.82 Å². The first-order chi connectivity index (χ1) is 10.2. The lowest BCUT2D eigenvalue weighted by atomic mass is 9.87. The van der Waals surface area contributed by atoms with Gasteiger partial charge in [-0.2, -0.15) is 0 Å². The summed E-state index contributed by atoms with van der Waals surface area (Å²) in [6, 6.07) is 13.6. The van der Waals surface area contributed by atoms with E-state index in [9.17, 15) is 12.8 Å². The molecule has 2 rings (SSSR count). The summed E-state index contributed by atoms with van der Waals surface area (Å²) in [5.41, 5.74) is 2.13. The largest absolute Gasteiger partial charge is 0.228 e. The molecule has 0 fully saturated rings. The van der Waals surface area contributed by atoms with Crippen LogP contribution in [0.25, 0.3) is 0 Å². The Morgan fingerprint density at radius 2 is 1.50 bits per heavy atom. The molecular formula is C18H21FO2S. The van der Waals surface area contributed by atoms with Gasteiger partial charge in [0.2, 0.25) is 0 Å². The zero-order valence-corrected chi connectivity index (χ0v) is 14.0. The van der Waals surface area contributed by atoms with Crippen LogP contribution in [-0.4, -0.2) is 8.42 Å². The predicted octanol–water partition coefficient (Wildman–Crippen LogP) is 4.24. The van der Waals surface area contributed by atoms with Gasteiger partial charge in [-0.05, 0) is 22.6 Å². The van der Waals surface area contributed by atoms with E-state index in [1.54, 1.807) is 12.1 Å². The SMILES string of the molecule is CC(C)(C)c1ccc(CS(=O)(=O)Cc2ccccc2F)cc1. The fraction of sp³-hybridized carbons (Fsp3) is 0.333. The van der Waals surface area contributed by atoms with Crippen molar-refractivity contribution in [2.75, 3.05) is 0 Å². The third-order valence-corrected chi connectivity index (χ3v) is 5.06. The molecule has 0 aliphatic rings. The van der Waals surface area contributed by atoms with Crippen LogP contribution in [-0.2, 0) is 26.8 Å². The summed E-state index contributed by atoms with van der Waals surface area (Å²) in [7, 11) is -3.40. The Hall–Kier alpha value is -1.68. The maximum atomic E-state index is 13.6. The van der Waals surface area contributed by atoms with E-state index in [2.05, 4.69) is 20.8 Å². The lowest BCUT2D eigenvalue weighted by Crippen LogP contribution is -2.12. The molecule has 2 aromatic rings. The van der Waals surface area contributed by atoms with Gasteiger partial charge < -0.3 is 0 Å². The molecule has 0 amide bonds. The smallest absolute Gasteiger partial charge is 0.158 e. The van der Waals surface area contributed by atoms with Gasteiger partial charge in [-0.1, -0.05) is 63.2 Å². The van der Waals surface area contributed by atoms with E-state index < -0.39 is 15.7 Å². The van der Waals surface area contributed by atoms with Gasteiger partial charge in [0.1, 0.15) is 5.82 Å². The van der Waals surface area contributed by atoms with Crippen LogP contribution in [0.15, 0.2) is 48.5 Å².